The molecule has 1 aromatic heterocycles. The van der Waals surface area contributed by atoms with Crippen LogP contribution < -0.4 is 0 Å². The van der Waals surface area contributed by atoms with E-state index in [0.29, 0.717) is 13.2 Å². The third-order valence-electron chi connectivity index (χ3n) is 1.64. The van der Waals surface area contributed by atoms with Gasteiger partial charge in [-0.05, 0) is 6.42 Å². The van der Waals surface area contributed by atoms with Crippen molar-refractivity contribution in [2.45, 2.75) is 12.8 Å². The molecule has 0 bridgehead atoms. The maximum atomic E-state index is 5.30. The van der Waals surface area contributed by atoms with Gasteiger partial charge in [-0.2, -0.15) is 0 Å². The number of aryl methyl sites for hydroxylation is 1. The van der Waals surface area contributed by atoms with Crippen LogP contribution in [0.4, 0.5) is 0 Å². The molecule has 0 spiro atoms. The Morgan fingerprint density at radius 2 is 2.38 bits per heavy atom. The summed E-state index contributed by atoms with van der Waals surface area (Å²) in [6.07, 6.45) is 6.32. The number of rotatable bonds is 7. The molecule has 0 aromatic carbocycles. The minimum absolute atomic E-state index is 0.661. The monoisotopic (exact) mass is 183 g/mol. The van der Waals surface area contributed by atoms with E-state index in [1.165, 1.54) is 0 Å². The second-order valence-corrected chi connectivity index (χ2v) is 2.68. The number of aromatic amines is 1. The van der Waals surface area contributed by atoms with E-state index in [-0.39, 0.29) is 0 Å². The molecule has 0 aliphatic heterocycles. The SMILES string of the molecule is COCCOCCCc1n[c]c[nH]1. The smallest absolute Gasteiger partial charge is 0.108 e. The lowest BCUT2D eigenvalue weighted by atomic mass is 10.3. The molecule has 0 saturated heterocycles. The highest BCUT2D eigenvalue weighted by atomic mass is 16.5. The summed E-state index contributed by atoms with van der Waals surface area (Å²) in [4.78, 5) is 6.98. The van der Waals surface area contributed by atoms with Crippen molar-refractivity contribution in [2.75, 3.05) is 26.9 Å². The van der Waals surface area contributed by atoms with Crippen molar-refractivity contribution in [3.05, 3.63) is 18.2 Å². The van der Waals surface area contributed by atoms with E-state index >= 15 is 0 Å². The number of methoxy groups -OCH3 is 1. The quantitative estimate of drug-likeness (QED) is 0.636. The molecule has 0 unspecified atom stereocenters. The van der Waals surface area contributed by atoms with E-state index in [0.717, 1.165) is 25.3 Å². The summed E-state index contributed by atoms with van der Waals surface area (Å²) in [6, 6.07) is 0. The first-order valence-electron chi connectivity index (χ1n) is 4.40. The highest BCUT2D eigenvalue weighted by Gasteiger charge is 1.94. The van der Waals surface area contributed by atoms with E-state index in [9.17, 15) is 0 Å². The van der Waals surface area contributed by atoms with Crippen LogP contribution in [0, 0.1) is 6.20 Å². The van der Waals surface area contributed by atoms with Gasteiger partial charge in [-0.3, -0.25) is 0 Å². The summed E-state index contributed by atoms with van der Waals surface area (Å²) in [5.74, 6) is 0.968. The first-order valence-corrected chi connectivity index (χ1v) is 4.40. The zero-order valence-corrected chi connectivity index (χ0v) is 7.88. The Balaban J connectivity index is 1.90. The Labute approximate surface area is 78.3 Å². The first-order chi connectivity index (χ1) is 6.43. The van der Waals surface area contributed by atoms with Gasteiger partial charge in [0, 0.05) is 26.3 Å². The fraction of sp³-hybridized carbons (Fsp3) is 0.667. The lowest BCUT2D eigenvalue weighted by Crippen LogP contribution is -2.04. The van der Waals surface area contributed by atoms with Crippen molar-refractivity contribution in [2.24, 2.45) is 0 Å². The second kappa shape index (κ2) is 6.62. The third kappa shape index (κ3) is 4.65. The van der Waals surface area contributed by atoms with Crippen LogP contribution in [-0.2, 0) is 15.9 Å². The molecule has 0 amide bonds. The van der Waals surface area contributed by atoms with Crippen LogP contribution in [0.15, 0.2) is 6.20 Å². The van der Waals surface area contributed by atoms with Crippen LogP contribution in [0.2, 0.25) is 0 Å². The molecule has 1 rings (SSSR count). The molecule has 0 saturated carbocycles. The Kier molecular flexibility index (Phi) is 5.20. The molecular formula is C9H15N2O2. The number of hydrogen-bond donors (Lipinski definition) is 1. The zero-order chi connectivity index (χ0) is 9.36. The molecular weight excluding hydrogens is 168 g/mol. The normalized spacial score (nSPS) is 10.5. The number of imidazole rings is 1. The number of H-pyrrole nitrogens is 1. The Morgan fingerprint density at radius 1 is 1.46 bits per heavy atom. The minimum atomic E-state index is 0.661. The van der Waals surface area contributed by atoms with E-state index in [1.807, 2.05) is 0 Å². The summed E-state index contributed by atoms with van der Waals surface area (Å²) in [6.45, 7) is 2.08. The van der Waals surface area contributed by atoms with Crippen molar-refractivity contribution in [1.82, 2.24) is 9.97 Å². The van der Waals surface area contributed by atoms with Crippen LogP contribution in [0.5, 0.6) is 0 Å². The van der Waals surface area contributed by atoms with Crippen molar-refractivity contribution in [1.29, 1.82) is 0 Å². The maximum absolute atomic E-state index is 5.30. The maximum Gasteiger partial charge on any atom is 0.108 e. The molecule has 0 atom stereocenters. The molecule has 4 nitrogen and oxygen atoms in total. The van der Waals surface area contributed by atoms with Crippen LogP contribution in [0.3, 0.4) is 0 Å². The number of aromatic nitrogens is 2. The van der Waals surface area contributed by atoms with Gasteiger partial charge in [0.05, 0.1) is 13.2 Å². The van der Waals surface area contributed by atoms with Gasteiger partial charge in [-0.1, -0.05) is 0 Å². The van der Waals surface area contributed by atoms with Crippen LogP contribution >= 0.6 is 0 Å². The Hall–Kier alpha value is -0.870. The topological polar surface area (TPSA) is 47.1 Å². The summed E-state index contributed by atoms with van der Waals surface area (Å²) in [5.41, 5.74) is 0. The van der Waals surface area contributed by atoms with E-state index in [2.05, 4.69) is 16.2 Å². The van der Waals surface area contributed by atoms with Crippen molar-refractivity contribution < 1.29 is 9.47 Å². The largest absolute Gasteiger partial charge is 0.382 e. The van der Waals surface area contributed by atoms with Crippen molar-refractivity contribution in [3.8, 4) is 0 Å². The molecule has 1 radical (unpaired) electrons. The number of nitrogens with one attached hydrogen (secondary N) is 1. The van der Waals surface area contributed by atoms with Crippen LogP contribution in [0.1, 0.15) is 12.2 Å². The van der Waals surface area contributed by atoms with Gasteiger partial charge in [0.1, 0.15) is 12.0 Å². The summed E-state index contributed by atoms with van der Waals surface area (Å²) in [5, 5.41) is 0. The molecule has 0 fully saturated rings. The average molecular weight is 183 g/mol. The molecule has 1 N–H and O–H groups in total. The van der Waals surface area contributed by atoms with Gasteiger partial charge in [-0.25, -0.2) is 4.98 Å². The van der Waals surface area contributed by atoms with Gasteiger partial charge in [0.2, 0.25) is 0 Å². The van der Waals surface area contributed by atoms with Gasteiger partial charge < -0.3 is 14.5 Å². The zero-order valence-electron chi connectivity index (χ0n) is 7.88. The lowest BCUT2D eigenvalue weighted by Gasteiger charge is -2.01. The van der Waals surface area contributed by atoms with Gasteiger partial charge in [0.25, 0.3) is 0 Å². The molecule has 1 heterocycles. The van der Waals surface area contributed by atoms with Crippen LogP contribution in [0.25, 0.3) is 0 Å². The summed E-state index contributed by atoms with van der Waals surface area (Å²) in [7, 11) is 1.67. The minimum Gasteiger partial charge on any atom is -0.382 e. The van der Waals surface area contributed by atoms with E-state index in [1.54, 1.807) is 13.3 Å². The van der Waals surface area contributed by atoms with Crippen molar-refractivity contribution >= 4 is 0 Å². The fourth-order valence-corrected chi connectivity index (χ4v) is 0.972. The fourth-order valence-electron chi connectivity index (χ4n) is 0.972. The molecule has 0 aliphatic rings. The van der Waals surface area contributed by atoms with E-state index < -0.39 is 0 Å². The first kappa shape index (κ1) is 10.2. The predicted molar refractivity (Wildman–Crippen MR) is 48.4 cm³/mol. The Bertz CT molecular complexity index is 199. The van der Waals surface area contributed by atoms with E-state index in [4.69, 9.17) is 9.47 Å². The van der Waals surface area contributed by atoms with Gasteiger partial charge in [-0.15, -0.1) is 0 Å². The molecule has 4 heteroatoms. The third-order valence-corrected chi connectivity index (χ3v) is 1.64. The average Bonchev–Trinajstić information content (AvgIpc) is 2.63. The molecule has 13 heavy (non-hydrogen) atoms. The summed E-state index contributed by atoms with van der Waals surface area (Å²) >= 11 is 0. The molecule has 1 aromatic rings. The molecule has 0 aliphatic carbocycles. The van der Waals surface area contributed by atoms with Crippen molar-refractivity contribution in [3.63, 3.8) is 0 Å². The van der Waals surface area contributed by atoms with Gasteiger partial charge in [0.15, 0.2) is 0 Å². The highest BCUT2D eigenvalue weighted by molar-refractivity contribution is 4.85. The summed E-state index contributed by atoms with van der Waals surface area (Å²) < 4.78 is 10.1. The number of ether oxygens (including phenoxy) is 2. The number of hydrogen-bond acceptors (Lipinski definition) is 3. The second-order valence-electron chi connectivity index (χ2n) is 2.68. The standard InChI is InChI=1S/C9H15N2O2/c1-12-7-8-13-6-2-3-9-10-4-5-11-9/h4H,2-3,6-8H2,1H3,(H,10,11). The predicted octanol–water partition coefficient (Wildman–Crippen LogP) is 0.805. The van der Waals surface area contributed by atoms with Gasteiger partial charge >= 0.3 is 0 Å². The lowest BCUT2D eigenvalue weighted by molar-refractivity contribution is 0.0694. The Morgan fingerprint density at radius 3 is 3.08 bits per heavy atom. The number of nitrogens with zero attached hydrogens (tertiary/aromatic N) is 1. The van der Waals surface area contributed by atoms with Crippen LogP contribution in [-0.4, -0.2) is 36.9 Å². The highest BCUT2D eigenvalue weighted by Crippen LogP contribution is 1.94. The molecule has 73 valence electrons.